The number of benzene rings is 1. The van der Waals surface area contributed by atoms with E-state index in [-0.39, 0.29) is 0 Å². The number of ether oxygens (including phenoxy) is 1. The van der Waals surface area contributed by atoms with Gasteiger partial charge >= 0.3 is 0 Å². The fourth-order valence-corrected chi connectivity index (χ4v) is 1.71. The molecule has 0 bridgehead atoms. The summed E-state index contributed by atoms with van der Waals surface area (Å²) in [4.78, 5) is 0. The van der Waals surface area contributed by atoms with Crippen molar-refractivity contribution >= 4 is 0 Å². The number of rotatable bonds is 5. The van der Waals surface area contributed by atoms with Crippen LogP contribution in [0, 0.1) is 0 Å². The highest BCUT2D eigenvalue weighted by Gasteiger charge is 2.26. The molecular formula is C13H20O2. The maximum Gasteiger partial charge on any atom is 0.113 e. The van der Waals surface area contributed by atoms with Crippen LogP contribution in [0.2, 0.25) is 0 Å². The Labute approximate surface area is 91.9 Å². The van der Waals surface area contributed by atoms with Crippen LogP contribution < -0.4 is 0 Å². The van der Waals surface area contributed by atoms with Crippen LogP contribution in [0.25, 0.3) is 0 Å². The summed E-state index contributed by atoms with van der Waals surface area (Å²) in [6.07, 6.45) is 1.65. The zero-order chi connectivity index (χ0) is 11.3. The van der Waals surface area contributed by atoms with E-state index < -0.39 is 5.60 Å². The molecule has 0 aromatic heterocycles. The van der Waals surface area contributed by atoms with Gasteiger partial charge in [0.2, 0.25) is 0 Å². The normalized spacial score (nSPS) is 14.9. The Morgan fingerprint density at radius 2 is 2.07 bits per heavy atom. The molecular weight excluding hydrogens is 188 g/mol. The second-order valence-corrected chi connectivity index (χ2v) is 3.87. The molecule has 1 rings (SSSR count). The third-order valence-corrected chi connectivity index (χ3v) is 2.84. The Kier molecular flexibility index (Phi) is 4.30. The van der Waals surface area contributed by atoms with Gasteiger partial charge in [0, 0.05) is 7.11 Å². The number of aryl methyl sites for hydroxylation is 1. The van der Waals surface area contributed by atoms with Crippen molar-refractivity contribution in [2.45, 2.75) is 32.3 Å². The Morgan fingerprint density at radius 3 is 2.60 bits per heavy atom. The summed E-state index contributed by atoms with van der Waals surface area (Å²) < 4.78 is 5.08. The van der Waals surface area contributed by atoms with Gasteiger partial charge in [-0.05, 0) is 24.0 Å². The predicted octanol–water partition coefficient (Wildman–Crippen LogP) is 2.49. The largest absolute Gasteiger partial charge is 0.383 e. The monoisotopic (exact) mass is 208 g/mol. The third-order valence-electron chi connectivity index (χ3n) is 2.84. The van der Waals surface area contributed by atoms with E-state index in [4.69, 9.17) is 4.74 Å². The van der Waals surface area contributed by atoms with Crippen molar-refractivity contribution in [3.05, 3.63) is 35.4 Å². The molecule has 0 fully saturated rings. The van der Waals surface area contributed by atoms with Gasteiger partial charge in [0.05, 0.1) is 6.61 Å². The van der Waals surface area contributed by atoms with E-state index >= 15 is 0 Å². The lowest BCUT2D eigenvalue weighted by Crippen LogP contribution is -2.30. The minimum absolute atomic E-state index is 0.344. The first-order chi connectivity index (χ1) is 7.16. The van der Waals surface area contributed by atoms with Crippen molar-refractivity contribution in [2.75, 3.05) is 13.7 Å². The highest BCUT2D eigenvalue weighted by atomic mass is 16.5. The van der Waals surface area contributed by atoms with E-state index in [9.17, 15) is 5.11 Å². The summed E-state index contributed by atoms with van der Waals surface area (Å²) >= 11 is 0. The standard InChI is InChI=1S/C13H20O2/c1-4-11-7-6-8-12(9-11)13(14,5-2)10-15-3/h6-9,14H,4-5,10H2,1-3H3. The molecule has 0 amide bonds. The van der Waals surface area contributed by atoms with E-state index in [1.807, 2.05) is 19.1 Å². The highest BCUT2D eigenvalue weighted by molar-refractivity contribution is 5.28. The van der Waals surface area contributed by atoms with Gasteiger partial charge in [-0.2, -0.15) is 0 Å². The number of hydrogen-bond acceptors (Lipinski definition) is 2. The Bertz CT molecular complexity index is 309. The highest BCUT2D eigenvalue weighted by Crippen LogP contribution is 2.25. The lowest BCUT2D eigenvalue weighted by Gasteiger charge is -2.26. The topological polar surface area (TPSA) is 29.5 Å². The molecule has 2 nitrogen and oxygen atoms in total. The quantitative estimate of drug-likeness (QED) is 0.805. The molecule has 1 atom stereocenters. The second kappa shape index (κ2) is 5.29. The lowest BCUT2D eigenvalue weighted by atomic mass is 9.90. The van der Waals surface area contributed by atoms with Crippen LogP contribution in [0.3, 0.4) is 0 Å². The average Bonchev–Trinajstić information content (AvgIpc) is 2.29. The van der Waals surface area contributed by atoms with E-state index in [1.165, 1.54) is 5.56 Å². The first-order valence-corrected chi connectivity index (χ1v) is 5.47. The summed E-state index contributed by atoms with van der Waals surface area (Å²) in [7, 11) is 1.62. The average molecular weight is 208 g/mol. The molecule has 0 saturated carbocycles. The molecule has 1 N–H and O–H groups in total. The lowest BCUT2D eigenvalue weighted by molar-refractivity contribution is -0.0386. The van der Waals surface area contributed by atoms with E-state index in [0.717, 1.165) is 12.0 Å². The van der Waals surface area contributed by atoms with Crippen LogP contribution in [0.4, 0.5) is 0 Å². The molecule has 84 valence electrons. The molecule has 0 saturated heterocycles. The molecule has 1 aromatic rings. The Balaban J connectivity index is 3.00. The van der Waals surface area contributed by atoms with Gasteiger partial charge in [-0.1, -0.05) is 38.1 Å². The van der Waals surface area contributed by atoms with Crippen LogP contribution in [0.15, 0.2) is 24.3 Å². The fourth-order valence-electron chi connectivity index (χ4n) is 1.71. The first kappa shape index (κ1) is 12.2. The molecule has 0 aliphatic heterocycles. The zero-order valence-electron chi connectivity index (χ0n) is 9.79. The maximum atomic E-state index is 10.4. The minimum Gasteiger partial charge on any atom is -0.383 e. The van der Waals surface area contributed by atoms with E-state index in [0.29, 0.717) is 13.0 Å². The van der Waals surface area contributed by atoms with Crippen LogP contribution >= 0.6 is 0 Å². The van der Waals surface area contributed by atoms with Gasteiger partial charge in [0.15, 0.2) is 0 Å². The maximum absolute atomic E-state index is 10.4. The van der Waals surface area contributed by atoms with Gasteiger partial charge in [-0.3, -0.25) is 0 Å². The molecule has 15 heavy (non-hydrogen) atoms. The summed E-state index contributed by atoms with van der Waals surface area (Å²) in [6, 6.07) is 8.08. The SMILES string of the molecule is CCc1cccc(C(O)(CC)COC)c1. The fraction of sp³-hybridized carbons (Fsp3) is 0.538. The zero-order valence-corrected chi connectivity index (χ0v) is 9.79. The minimum atomic E-state index is -0.847. The summed E-state index contributed by atoms with van der Waals surface area (Å²) in [5, 5.41) is 10.4. The van der Waals surface area contributed by atoms with Crippen LogP contribution in [0.1, 0.15) is 31.4 Å². The van der Waals surface area contributed by atoms with Crippen LogP contribution in [0.5, 0.6) is 0 Å². The smallest absolute Gasteiger partial charge is 0.113 e. The van der Waals surface area contributed by atoms with E-state index in [1.54, 1.807) is 7.11 Å². The molecule has 2 heteroatoms. The van der Waals surface area contributed by atoms with Crippen molar-refractivity contribution in [3.8, 4) is 0 Å². The van der Waals surface area contributed by atoms with Crippen molar-refractivity contribution < 1.29 is 9.84 Å². The van der Waals surface area contributed by atoms with Gasteiger partial charge in [-0.25, -0.2) is 0 Å². The first-order valence-electron chi connectivity index (χ1n) is 5.47. The second-order valence-electron chi connectivity index (χ2n) is 3.87. The van der Waals surface area contributed by atoms with Gasteiger partial charge in [0.1, 0.15) is 5.60 Å². The van der Waals surface area contributed by atoms with E-state index in [2.05, 4.69) is 19.1 Å². The van der Waals surface area contributed by atoms with Crippen LogP contribution in [-0.2, 0) is 16.8 Å². The Morgan fingerprint density at radius 1 is 1.33 bits per heavy atom. The van der Waals surface area contributed by atoms with Crippen LogP contribution in [-0.4, -0.2) is 18.8 Å². The Hall–Kier alpha value is -0.860. The van der Waals surface area contributed by atoms with Gasteiger partial charge in [0.25, 0.3) is 0 Å². The summed E-state index contributed by atoms with van der Waals surface area (Å²) in [5.41, 5.74) is 1.35. The molecule has 0 radical (unpaired) electrons. The van der Waals surface area contributed by atoms with Crippen molar-refractivity contribution in [1.29, 1.82) is 0 Å². The summed E-state index contributed by atoms with van der Waals surface area (Å²) in [6.45, 7) is 4.43. The predicted molar refractivity (Wildman–Crippen MR) is 61.9 cm³/mol. The molecule has 1 unspecified atom stereocenters. The van der Waals surface area contributed by atoms with Gasteiger partial charge in [-0.15, -0.1) is 0 Å². The molecule has 1 aromatic carbocycles. The molecule has 0 aliphatic carbocycles. The molecule has 0 spiro atoms. The molecule has 0 heterocycles. The van der Waals surface area contributed by atoms with Gasteiger partial charge < -0.3 is 9.84 Å². The van der Waals surface area contributed by atoms with Crippen molar-refractivity contribution in [2.24, 2.45) is 0 Å². The third kappa shape index (κ3) is 2.80. The molecule has 0 aliphatic rings. The summed E-state index contributed by atoms with van der Waals surface area (Å²) in [5.74, 6) is 0. The van der Waals surface area contributed by atoms with Crippen molar-refractivity contribution in [1.82, 2.24) is 0 Å². The van der Waals surface area contributed by atoms with Crippen molar-refractivity contribution in [3.63, 3.8) is 0 Å². The number of methoxy groups -OCH3 is 1. The number of hydrogen-bond donors (Lipinski definition) is 1. The number of aliphatic hydroxyl groups is 1.